The van der Waals surface area contributed by atoms with Gasteiger partial charge in [-0.05, 0) is 57.9 Å². The average Bonchev–Trinajstić information content (AvgIpc) is 2.69. The van der Waals surface area contributed by atoms with Gasteiger partial charge in [0.1, 0.15) is 17.1 Å². The minimum Gasteiger partial charge on any atom is -0.508 e. The van der Waals surface area contributed by atoms with E-state index in [0.29, 0.717) is 13.2 Å². The maximum Gasteiger partial charge on any atom is 0.407 e. The first-order valence-electron chi connectivity index (χ1n) is 10.6. The third kappa shape index (κ3) is 7.68. The fraction of sp³-hybridized carbons (Fsp3) is 0.417. The third-order valence-electron chi connectivity index (χ3n) is 4.47. The molecule has 0 radical (unpaired) electrons. The van der Waals surface area contributed by atoms with Crippen LogP contribution in [0.1, 0.15) is 62.4 Å². The summed E-state index contributed by atoms with van der Waals surface area (Å²) >= 11 is 0. The van der Waals surface area contributed by atoms with Crippen LogP contribution in [0.15, 0.2) is 36.4 Å². The van der Waals surface area contributed by atoms with E-state index >= 15 is 0 Å². The number of nitrogens with one attached hydrogen (secondary N) is 1. The highest BCUT2D eigenvalue weighted by Crippen LogP contribution is 2.33. The molecule has 0 aromatic heterocycles. The molecule has 0 aliphatic heterocycles. The van der Waals surface area contributed by atoms with Gasteiger partial charge in [-0.3, -0.25) is 4.79 Å². The first-order chi connectivity index (χ1) is 15.1. The molecule has 0 heterocycles. The molecule has 0 saturated heterocycles. The molecule has 8 heteroatoms. The molecule has 0 bridgehead atoms. The van der Waals surface area contributed by atoms with Crippen LogP contribution in [-0.4, -0.2) is 45.9 Å². The van der Waals surface area contributed by atoms with Crippen molar-refractivity contribution in [1.29, 1.82) is 0 Å². The predicted molar refractivity (Wildman–Crippen MR) is 120 cm³/mol. The van der Waals surface area contributed by atoms with Crippen LogP contribution in [0.4, 0.5) is 4.79 Å². The van der Waals surface area contributed by atoms with Gasteiger partial charge in [0, 0.05) is 12.6 Å². The largest absolute Gasteiger partial charge is 0.508 e. The van der Waals surface area contributed by atoms with Gasteiger partial charge in [-0.15, -0.1) is 0 Å². The van der Waals surface area contributed by atoms with Gasteiger partial charge in [-0.25, -0.2) is 4.79 Å². The lowest BCUT2D eigenvalue weighted by Crippen LogP contribution is -2.32. The van der Waals surface area contributed by atoms with Gasteiger partial charge in [-0.2, -0.15) is 0 Å². The van der Waals surface area contributed by atoms with Crippen LogP contribution in [0, 0.1) is 0 Å². The van der Waals surface area contributed by atoms with Crippen molar-refractivity contribution in [3.05, 3.63) is 47.5 Å². The molecule has 8 nitrogen and oxygen atoms in total. The van der Waals surface area contributed by atoms with Gasteiger partial charge >= 0.3 is 6.09 Å². The molecule has 4 N–H and O–H groups in total. The molecule has 0 aliphatic rings. The van der Waals surface area contributed by atoms with Crippen molar-refractivity contribution in [3.63, 3.8) is 0 Å². The lowest BCUT2D eigenvalue weighted by molar-refractivity contribution is 0.0526. The second-order valence-electron chi connectivity index (χ2n) is 8.37. The number of carbonyl (C=O) groups excluding carboxylic acids is 2. The molecule has 0 saturated carbocycles. The van der Waals surface area contributed by atoms with E-state index in [9.17, 15) is 24.9 Å². The summed E-state index contributed by atoms with van der Waals surface area (Å²) in [6.45, 7) is 6.33. The predicted octanol–water partition coefficient (Wildman–Crippen LogP) is 4.50. The minimum atomic E-state index is -0.581. The summed E-state index contributed by atoms with van der Waals surface area (Å²) in [5, 5.41) is 32.4. The van der Waals surface area contributed by atoms with Crippen molar-refractivity contribution < 1.29 is 34.4 Å². The summed E-state index contributed by atoms with van der Waals surface area (Å²) in [5.41, 5.74) is -0.550. The Kier molecular flexibility index (Phi) is 8.75. The van der Waals surface area contributed by atoms with E-state index in [1.165, 1.54) is 18.2 Å². The fourth-order valence-corrected chi connectivity index (χ4v) is 2.95. The Morgan fingerprint density at radius 3 is 2.34 bits per heavy atom. The molecular weight excluding hydrogens is 414 g/mol. The van der Waals surface area contributed by atoms with Crippen molar-refractivity contribution in [2.45, 2.75) is 52.1 Å². The van der Waals surface area contributed by atoms with Gasteiger partial charge in [0.15, 0.2) is 11.5 Å². The Bertz CT molecular complexity index is 934. The summed E-state index contributed by atoms with van der Waals surface area (Å²) in [4.78, 5) is 24.2. The number of hydrogen-bond donors (Lipinski definition) is 4. The highest BCUT2D eigenvalue weighted by atomic mass is 16.6. The standard InChI is InChI=1S/C24H31NO7/c1-24(2,3)32-23(30)25-13-6-4-5-7-14-31-20-10-8-9-18(22(20)29)21(28)17-12-11-16(26)15-19(17)27/h8-12,15,26-27,29H,4-7,13-14H2,1-3H3,(H,25,30). The molecule has 0 spiro atoms. The van der Waals surface area contributed by atoms with Crippen LogP contribution >= 0.6 is 0 Å². The topological polar surface area (TPSA) is 125 Å². The first kappa shape index (κ1) is 24.8. The number of aromatic hydroxyl groups is 3. The van der Waals surface area contributed by atoms with Crippen LogP contribution in [0.2, 0.25) is 0 Å². The fourth-order valence-electron chi connectivity index (χ4n) is 2.95. The summed E-state index contributed by atoms with van der Waals surface area (Å²) in [7, 11) is 0. The molecule has 0 fully saturated rings. The van der Waals surface area contributed by atoms with E-state index in [0.717, 1.165) is 31.7 Å². The van der Waals surface area contributed by atoms with Crippen molar-refractivity contribution in [1.82, 2.24) is 5.32 Å². The Labute approximate surface area is 187 Å². The molecule has 32 heavy (non-hydrogen) atoms. The Hall–Kier alpha value is -3.42. The maximum atomic E-state index is 12.7. The van der Waals surface area contributed by atoms with Gasteiger partial charge in [0.25, 0.3) is 0 Å². The van der Waals surface area contributed by atoms with Crippen LogP contribution in [0.25, 0.3) is 0 Å². The number of amides is 1. The second kappa shape index (κ2) is 11.3. The van der Waals surface area contributed by atoms with E-state index in [-0.39, 0.29) is 34.1 Å². The van der Waals surface area contributed by atoms with E-state index in [2.05, 4.69) is 5.32 Å². The van der Waals surface area contributed by atoms with E-state index < -0.39 is 17.5 Å². The van der Waals surface area contributed by atoms with Crippen molar-refractivity contribution >= 4 is 11.9 Å². The molecule has 174 valence electrons. The monoisotopic (exact) mass is 445 g/mol. The van der Waals surface area contributed by atoms with E-state index in [1.807, 2.05) is 20.8 Å². The normalized spacial score (nSPS) is 11.1. The van der Waals surface area contributed by atoms with Crippen LogP contribution in [0.3, 0.4) is 0 Å². The summed E-state index contributed by atoms with van der Waals surface area (Å²) in [6.07, 6.45) is 2.89. The molecule has 0 aliphatic carbocycles. The van der Waals surface area contributed by atoms with E-state index in [1.54, 1.807) is 12.1 Å². The zero-order valence-corrected chi connectivity index (χ0v) is 18.7. The van der Waals surface area contributed by atoms with Gasteiger partial charge < -0.3 is 30.1 Å². The van der Waals surface area contributed by atoms with Crippen molar-refractivity contribution in [2.24, 2.45) is 0 Å². The molecule has 0 unspecified atom stereocenters. The zero-order chi connectivity index (χ0) is 23.7. The second-order valence-corrected chi connectivity index (χ2v) is 8.37. The zero-order valence-electron chi connectivity index (χ0n) is 18.7. The van der Waals surface area contributed by atoms with E-state index in [4.69, 9.17) is 9.47 Å². The summed E-state index contributed by atoms with van der Waals surface area (Å²) < 4.78 is 10.8. The van der Waals surface area contributed by atoms with Crippen LogP contribution < -0.4 is 10.1 Å². The Balaban J connectivity index is 1.77. The number of hydrogen-bond acceptors (Lipinski definition) is 7. The number of unbranched alkanes of at least 4 members (excludes halogenated alkanes) is 3. The van der Waals surface area contributed by atoms with Gasteiger partial charge in [0.2, 0.25) is 5.78 Å². The number of alkyl carbamates (subject to hydrolysis) is 1. The molecule has 2 aromatic carbocycles. The van der Waals surface area contributed by atoms with Crippen molar-refractivity contribution in [3.8, 4) is 23.0 Å². The highest BCUT2D eigenvalue weighted by Gasteiger charge is 2.20. The highest BCUT2D eigenvalue weighted by molar-refractivity contribution is 6.12. The summed E-state index contributed by atoms with van der Waals surface area (Å²) in [6, 6.07) is 8.23. The number of benzene rings is 2. The number of ketones is 1. The Morgan fingerprint density at radius 2 is 1.66 bits per heavy atom. The number of carbonyl (C=O) groups is 2. The quantitative estimate of drug-likeness (QED) is 0.313. The van der Waals surface area contributed by atoms with Gasteiger partial charge in [-0.1, -0.05) is 18.9 Å². The lowest BCUT2D eigenvalue weighted by atomic mass is 10.0. The van der Waals surface area contributed by atoms with Gasteiger partial charge in [0.05, 0.1) is 17.7 Å². The third-order valence-corrected chi connectivity index (χ3v) is 4.47. The molecule has 0 atom stereocenters. The minimum absolute atomic E-state index is 0.00305. The average molecular weight is 446 g/mol. The molecule has 2 aromatic rings. The number of ether oxygens (including phenoxy) is 2. The maximum absolute atomic E-state index is 12.7. The first-order valence-corrected chi connectivity index (χ1v) is 10.6. The number of para-hydroxylation sites is 1. The van der Waals surface area contributed by atoms with Crippen molar-refractivity contribution in [2.75, 3.05) is 13.2 Å². The molecular formula is C24H31NO7. The Morgan fingerprint density at radius 1 is 0.938 bits per heavy atom. The number of phenolic OH excluding ortho intramolecular Hbond substituents is 3. The van der Waals surface area contributed by atoms with Crippen LogP contribution in [-0.2, 0) is 4.74 Å². The lowest BCUT2D eigenvalue weighted by Gasteiger charge is -2.19. The number of rotatable bonds is 10. The smallest absolute Gasteiger partial charge is 0.407 e. The molecule has 1 amide bonds. The SMILES string of the molecule is CC(C)(C)OC(=O)NCCCCCCOc1cccc(C(=O)c2ccc(O)cc2O)c1O. The molecule has 2 rings (SSSR count). The van der Waals surface area contributed by atoms with Crippen LogP contribution in [0.5, 0.6) is 23.0 Å². The number of phenols is 3. The summed E-state index contributed by atoms with van der Waals surface area (Å²) in [5.74, 6) is -1.24.